The van der Waals surface area contributed by atoms with Gasteiger partial charge in [0.05, 0.1) is 31.8 Å². The number of tetrazole rings is 1. The number of nitrogens with two attached hydrogens (primary N) is 1. The van der Waals surface area contributed by atoms with Crippen LogP contribution < -0.4 is 11.1 Å². The molecule has 10 nitrogen and oxygen atoms in total. The Hall–Kier alpha value is -2.04. The molecular formula is C37H62N6O4. The Bertz CT molecular complexity index is 1370. The molecule has 4 N–H and O–H groups in total. The summed E-state index contributed by atoms with van der Waals surface area (Å²) >= 11 is 0. The summed E-state index contributed by atoms with van der Waals surface area (Å²) in [5, 5.41) is 27.6. The van der Waals surface area contributed by atoms with Crippen LogP contribution in [-0.4, -0.2) is 70.3 Å². The summed E-state index contributed by atoms with van der Waals surface area (Å²) in [5.74, 6) is 0.567. The number of likely N-dealkylation sites (N-methyl/N-ethyl adjacent to an activating group) is 1. The van der Waals surface area contributed by atoms with E-state index >= 15 is 0 Å². The lowest BCUT2D eigenvalue weighted by Crippen LogP contribution is -2.69. The molecule has 0 unspecified atom stereocenters. The molecule has 0 amide bonds. The molecule has 6 rings (SSSR count). The first-order valence-corrected chi connectivity index (χ1v) is 18.5. The third-order valence-corrected chi connectivity index (χ3v) is 15.4. The smallest absolute Gasteiger partial charge is 0.307 e. The van der Waals surface area contributed by atoms with Crippen molar-refractivity contribution in [1.29, 1.82) is 0 Å². The van der Waals surface area contributed by atoms with Gasteiger partial charge >= 0.3 is 5.97 Å². The van der Waals surface area contributed by atoms with Gasteiger partial charge in [-0.2, -0.15) is 4.80 Å². The molecule has 1 saturated heterocycles. The van der Waals surface area contributed by atoms with Crippen molar-refractivity contribution in [3.63, 3.8) is 0 Å². The fourth-order valence-electron chi connectivity index (χ4n) is 12.4. The molecule has 12 atom stereocenters. The molecule has 2 bridgehead atoms. The maximum atomic E-state index is 13.4. The average molecular weight is 655 g/mol. The fraction of sp³-hybridized carbons (Fsp3) is 0.892. The van der Waals surface area contributed by atoms with Gasteiger partial charge in [-0.25, -0.2) is 0 Å². The maximum Gasteiger partial charge on any atom is 0.307 e. The lowest BCUT2D eigenvalue weighted by Gasteiger charge is -2.71. The molecule has 4 fully saturated rings. The molecule has 3 saturated carbocycles. The van der Waals surface area contributed by atoms with E-state index in [2.05, 4.69) is 82.2 Å². The van der Waals surface area contributed by atoms with Crippen molar-refractivity contribution in [2.24, 2.45) is 56.7 Å². The lowest BCUT2D eigenvalue weighted by molar-refractivity contribution is -0.252. The number of aliphatic carboxylic acids is 1. The van der Waals surface area contributed by atoms with Crippen LogP contribution in [0.25, 0.3) is 0 Å². The van der Waals surface area contributed by atoms with Gasteiger partial charge in [0.2, 0.25) is 0 Å². The van der Waals surface area contributed by atoms with Crippen LogP contribution in [0.1, 0.15) is 113 Å². The quantitative estimate of drug-likeness (QED) is 0.253. The predicted molar refractivity (Wildman–Crippen MR) is 182 cm³/mol. The predicted octanol–water partition coefficient (Wildman–Crippen LogP) is 6.16. The van der Waals surface area contributed by atoms with Crippen molar-refractivity contribution in [2.45, 2.75) is 125 Å². The molecule has 0 spiro atoms. The largest absolute Gasteiger partial charge is 0.481 e. The van der Waals surface area contributed by atoms with E-state index in [0.717, 1.165) is 51.4 Å². The van der Waals surface area contributed by atoms with Gasteiger partial charge in [-0.05, 0) is 97.1 Å². The molecule has 0 radical (unpaired) electrons. The van der Waals surface area contributed by atoms with Crippen LogP contribution in [0.3, 0.4) is 0 Å². The zero-order valence-corrected chi connectivity index (χ0v) is 30.5. The summed E-state index contributed by atoms with van der Waals surface area (Å²) in [6.07, 6.45) is 10.2. The van der Waals surface area contributed by atoms with Crippen LogP contribution in [0, 0.1) is 56.7 Å². The molecule has 5 aliphatic rings. The number of hydrogen-bond acceptors (Lipinski definition) is 8. The van der Waals surface area contributed by atoms with Gasteiger partial charge in [-0.15, -0.1) is 5.10 Å². The number of carboxylic acid groups (broad SMARTS) is 1. The third kappa shape index (κ3) is 4.96. The Morgan fingerprint density at radius 1 is 1.17 bits per heavy atom. The number of fused-ring (bicyclic) bond motifs is 3. The number of carbonyl (C=O) groups is 1. The van der Waals surface area contributed by atoms with E-state index in [1.165, 1.54) is 5.57 Å². The summed E-state index contributed by atoms with van der Waals surface area (Å²) < 4.78 is 13.6. The van der Waals surface area contributed by atoms with Crippen LogP contribution in [0.15, 0.2) is 11.6 Å². The Kier molecular flexibility index (Phi) is 8.95. The number of carboxylic acids is 1. The van der Waals surface area contributed by atoms with Gasteiger partial charge in [-0.3, -0.25) is 4.79 Å². The van der Waals surface area contributed by atoms with Gasteiger partial charge in [-0.1, -0.05) is 78.6 Å². The molecule has 47 heavy (non-hydrogen) atoms. The van der Waals surface area contributed by atoms with E-state index in [4.69, 9.17) is 15.2 Å². The van der Waals surface area contributed by atoms with Crippen LogP contribution in [0.2, 0.25) is 0 Å². The van der Waals surface area contributed by atoms with Crippen LogP contribution in [0.4, 0.5) is 5.95 Å². The monoisotopic (exact) mass is 654 g/mol. The third-order valence-electron chi connectivity index (χ3n) is 15.4. The highest BCUT2D eigenvalue weighted by Gasteiger charge is 2.72. The first-order chi connectivity index (χ1) is 22.1. The van der Waals surface area contributed by atoms with E-state index in [1.54, 1.807) is 4.80 Å². The molecular weight excluding hydrogens is 592 g/mol. The average Bonchev–Trinajstić information content (AvgIpc) is 3.45. The minimum Gasteiger partial charge on any atom is -0.481 e. The summed E-state index contributed by atoms with van der Waals surface area (Å²) in [6, 6.07) is 0.124. The topological polar surface area (TPSA) is 137 Å². The van der Waals surface area contributed by atoms with E-state index in [-0.39, 0.29) is 51.2 Å². The van der Waals surface area contributed by atoms with Gasteiger partial charge in [0.15, 0.2) is 0 Å². The van der Waals surface area contributed by atoms with Crippen molar-refractivity contribution >= 4 is 11.9 Å². The normalized spacial score (nSPS) is 44.1. The number of aromatic nitrogens is 4. The summed E-state index contributed by atoms with van der Waals surface area (Å²) in [6.45, 7) is 20.3. The molecule has 2 heterocycles. The Morgan fingerprint density at radius 2 is 1.91 bits per heavy atom. The fourth-order valence-corrected chi connectivity index (χ4v) is 12.4. The van der Waals surface area contributed by atoms with Gasteiger partial charge in [0, 0.05) is 16.9 Å². The number of rotatable bonds is 10. The molecule has 10 heteroatoms. The Labute approximate surface area is 282 Å². The van der Waals surface area contributed by atoms with Crippen LogP contribution in [0.5, 0.6) is 0 Å². The number of nitrogens with zero attached hydrogens (tertiary/aromatic N) is 4. The summed E-state index contributed by atoms with van der Waals surface area (Å²) in [5.41, 5.74) is 6.35. The highest BCUT2D eigenvalue weighted by Crippen LogP contribution is 2.75. The van der Waals surface area contributed by atoms with Crippen molar-refractivity contribution in [3.8, 4) is 0 Å². The van der Waals surface area contributed by atoms with E-state index in [0.29, 0.717) is 43.5 Å². The first kappa shape index (κ1) is 34.8. The highest BCUT2D eigenvalue weighted by atomic mass is 16.5. The van der Waals surface area contributed by atoms with Gasteiger partial charge in [0.25, 0.3) is 5.95 Å². The standard InChI is InChI=1S/C37H62N6O4/c1-10-11-24(39-9)19-47-30-27(43-41-32(38)40-42-43)18-37-21-46-20-34(30,6)28(37)13-12-25-26(37)14-15-36(8)29(31(44)45)33(5,23(4)22(2)3)16-17-35(25,36)7/h14,22-25,27-30,39H,10-13,15-21H2,1-9H3,(H2,38,41)(H,44,45)/t23-,24+,25+,27-,28+,29-,30+,33-,34-,35-,36+,37+/m1/s1. The summed E-state index contributed by atoms with van der Waals surface area (Å²) in [4.78, 5) is 15.1. The van der Waals surface area contributed by atoms with Crippen molar-refractivity contribution in [1.82, 2.24) is 25.5 Å². The Morgan fingerprint density at radius 3 is 2.53 bits per heavy atom. The molecule has 1 aliphatic heterocycles. The SMILES string of the molecule is CCC[C@@H](CO[C@H]1[C@H](n2nnc(N)n2)C[C@@]23COC[C@]1(C)[C@@H]2CC[C@H]1C3=CC[C@@]2(C)[C@H](C(=O)O)[C@@](C)([C@H](C)C(C)C)CC[C@]12C)NC. The van der Waals surface area contributed by atoms with Crippen molar-refractivity contribution in [3.05, 3.63) is 11.6 Å². The second-order valence-electron chi connectivity index (χ2n) is 17.6. The Balaban J connectivity index is 1.43. The minimum atomic E-state index is -0.624. The number of anilines is 1. The van der Waals surface area contributed by atoms with Crippen molar-refractivity contribution in [2.75, 3.05) is 32.6 Å². The first-order valence-electron chi connectivity index (χ1n) is 18.5. The highest BCUT2D eigenvalue weighted by molar-refractivity contribution is 5.73. The van der Waals surface area contributed by atoms with Crippen LogP contribution >= 0.6 is 0 Å². The van der Waals surface area contributed by atoms with Crippen molar-refractivity contribution < 1.29 is 19.4 Å². The molecule has 264 valence electrons. The van der Waals surface area contributed by atoms with E-state index in [9.17, 15) is 9.90 Å². The second-order valence-corrected chi connectivity index (χ2v) is 17.6. The minimum absolute atomic E-state index is 0.136. The number of nitrogens with one attached hydrogen (secondary N) is 1. The number of hydrogen-bond donors (Lipinski definition) is 3. The number of ether oxygens (including phenoxy) is 2. The molecule has 1 aromatic heterocycles. The maximum absolute atomic E-state index is 13.4. The lowest BCUT2D eigenvalue weighted by atomic mass is 9.34. The zero-order chi connectivity index (χ0) is 34.2. The van der Waals surface area contributed by atoms with Gasteiger partial charge in [0.1, 0.15) is 6.04 Å². The number of allylic oxidation sites excluding steroid dienone is 1. The van der Waals surface area contributed by atoms with E-state index < -0.39 is 11.9 Å². The second kappa shape index (κ2) is 12.1. The van der Waals surface area contributed by atoms with E-state index in [1.807, 2.05) is 7.05 Å². The zero-order valence-electron chi connectivity index (χ0n) is 30.5. The molecule has 4 aliphatic carbocycles. The number of nitrogen functional groups attached to an aromatic ring is 1. The van der Waals surface area contributed by atoms with Gasteiger partial charge < -0.3 is 25.6 Å². The van der Waals surface area contributed by atoms with Crippen LogP contribution in [-0.2, 0) is 14.3 Å². The molecule has 0 aromatic carbocycles. The summed E-state index contributed by atoms with van der Waals surface area (Å²) in [7, 11) is 2.01. The molecule has 1 aromatic rings.